The Morgan fingerprint density at radius 2 is 2.33 bits per heavy atom. The van der Waals surface area contributed by atoms with Gasteiger partial charge in [-0.1, -0.05) is 0 Å². The van der Waals surface area contributed by atoms with E-state index in [4.69, 9.17) is 5.11 Å². The van der Waals surface area contributed by atoms with Gasteiger partial charge in [0, 0.05) is 37.0 Å². The van der Waals surface area contributed by atoms with Gasteiger partial charge in [0.05, 0.1) is 6.33 Å². The van der Waals surface area contributed by atoms with Gasteiger partial charge in [0.15, 0.2) is 0 Å². The fourth-order valence-electron chi connectivity index (χ4n) is 0.948. The lowest BCUT2D eigenvalue weighted by molar-refractivity contribution is -0.131. The minimum Gasteiger partial charge on any atom is -0.478 e. The monoisotopic (exact) mass is 209 g/mol. The number of hydrogen-bond donors (Lipinski definition) is 3. The van der Waals surface area contributed by atoms with Crippen molar-refractivity contribution in [1.29, 1.82) is 0 Å². The SMILES string of the molecule is O=C(O)/C=C\C(=O)NCCc1cnc[nH]1. The number of aromatic amines is 1. The van der Waals surface area contributed by atoms with Crippen molar-refractivity contribution in [2.24, 2.45) is 0 Å². The molecule has 0 radical (unpaired) electrons. The number of hydrogen-bond acceptors (Lipinski definition) is 3. The van der Waals surface area contributed by atoms with E-state index in [1.165, 1.54) is 0 Å². The van der Waals surface area contributed by atoms with Gasteiger partial charge < -0.3 is 15.4 Å². The predicted octanol–water partition coefficient (Wildman–Crippen LogP) is -0.291. The quantitative estimate of drug-likeness (QED) is 0.580. The Hall–Kier alpha value is -2.11. The van der Waals surface area contributed by atoms with Crippen LogP contribution in [-0.2, 0) is 16.0 Å². The zero-order valence-corrected chi connectivity index (χ0v) is 7.93. The molecule has 0 unspecified atom stereocenters. The van der Waals surface area contributed by atoms with E-state index in [9.17, 15) is 9.59 Å². The van der Waals surface area contributed by atoms with E-state index in [1.54, 1.807) is 12.5 Å². The van der Waals surface area contributed by atoms with Crippen LogP contribution in [0.25, 0.3) is 0 Å². The average Bonchev–Trinajstić information content (AvgIpc) is 2.67. The molecule has 6 nitrogen and oxygen atoms in total. The van der Waals surface area contributed by atoms with Gasteiger partial charge in [-0.15, -0.1) is 0 Å². The van der Waals surface area contributed by atoms with Gasteiger partial charge >= 0.3 is 5.97 Å². The summed E-state index contributed by atoms with van der Waals surface area (Å²) >= 11 is 0. The van der Waals surface area contributed by atoms with Crippen LogP contribution in [0.3, 0.4) is 0 Å². The van der Waals surface area contributed by atoms with Crippen LogP contribution in [0.4, 0.5) is 0 Å². The van der Waals surface area contributed by atoms with Crippen molar-refractivity contribution >= 4 is 11.9 Å². The first kappa shape index (κ1) is 11.0. The molecule has 1 aromatic heterocycles. The summed E-state index contributed by atoms with van der Waals surface area (Å²) in [5, 5.41) is 10.8. The molecule has 1 rings (SSSR count). The van der Waals surface area contributed by atoms with E-state index in [-0.39, 0.29) is 0 Å². The number of nitrogens with one attached hydrogen (secondary N) is 2. The molecule has 15 heavy (non-hydrogen) atoms. The summed E-state index contributed by atoms with van der Waals surface area (Å²) in [4.78, 5) is 27.8. The van der Waals surface area contributed by atoms with Crippen LogP contribution >= 0.6 is 0 Å². The van der Waals surface area contributed by atoms with Gasteiger partial charge in [-0.25, -0.2) is 9.78 Å². The van der Waals surface area contributed by atoms with Crippen LogP contribution in [0, 0.1) is 0 Å². The Kier molecular flexibility index (Phi) is 4.08. The number of amides is 1. The molecule has 0 saturated carbocycles. The molecule has 0 fully saturated rings. The first-order valence-corrected chi connectivity index (χ1v) is 4.34. The molecule has 1 heterocycles. The van der Waals surface area contributed by atoms with E-state index in [2.05, 4.69) is 15.3 Å². The second-order valence-electron chi connectivity index (χ2n) is 2.79. The number of imidazole rings is 1. The zero-order valence-electron chi connectivity index (χ0n) is 7.93. The third-order valence-corrected chi connectivity index (χ3v) is 1.63. The van der Waals surface area contributed by atoms with Crippen molar-refractivity contribution in [2.45, 2.75) is 6.42 Å². The smallest absolute Gasteiger partial charge is 0.328 e. The van der Waals surface area contributed by atoms with Crippen LogP contribution in [0.1, 0.15) is 5.69 Å². The Bertz CT molecular complexity index is 357. The van der Waals surface area contributed by atoms with Crippen molar-refractivity contribution < 1.29 is 14.7 Å². The van der Waals surface area contributed by atoms with Gasteiger partial charge in [0.1, 0.15) is 0 Å². The second kappa shape index (κ2) is 5.58. The van der Waals surface area contributed by atoms with E-state index < -0.39 is 11.9 Å². The van der Waals surface area contributed by atoms with Crippen LogP contribution in [-0.4, -0.2) is 33.5 Å². The van der Waals surface area contributed by atoms with Gasteiger partial charge in [-0.3, -0.25) is 4.79 Å². The standard InChI is InChI=1S/C9H11N3O3/c13-8(1-2-9(14)15)11-4-3-7-5-10-6-12-7/h1-2,5-6H,3-4H2,(H,10,12)(H,11,13)(H,14,15)/b2-1-. The van der Waals surface area contributed by atoms with Crippen molar-refractivity contribution in [3.63, 3.8) is 0 Å². The summed E-state index contributed by atoms with van der Waals surface area (Å²) < 4.78 is 0. The molecule has 3 N–H and O–H groups in total. The van der Waals surface area contributed by atoms with E-state index in [0.717, 1.165) is 17.8 Å². The number of carbonyl (C=O) groups is 2. The highest BCUT2D eigenvalue weighted by Gasteiger charge is 1.97. The highest BCUT2D eigenvalue weighted by atomic mass is 16.4. The molecule has 1 aromatic rings. The van der Waals surface area contributed by atoms with Crippen LogP contribution in [0.2, 0.25) is 0 Å². The fraction of sp³-hybridized carbons (Fsp3) is 0.222. The Morgan fingerprint density at radius 1 is 1.53 bits per heavy atom. The number of H-pyrrole nitrogens is 1. The fourth-order valence-corrected chi connectivity index (χ4v) is 0.948. The topological polar surface area (TPSA) is 95.1 Å². The lowest BCUT2D eigenvalue weighted by atomic mass is 10.3. The number of carbonyl (C=O) groups excluding carboxylic acids is 1. The van der Waals surface area contributed by atoms with Crippen molar-refractivity contribution in [3.8, 4) is 0 Å². The number of aliphatic carboxylic acids is 1. The van der Waals surface area contributed by atoms with Crippen molar-refractivity contribution in [3.05, 3.63) is 30.4 Å². The summed E-state index contributed by atoms with van der Waals surface area (Å²) in [6, 6.07) is 0. The Morgan fingerprint density at radius 3 is 2.93 bits per heavy atom. The maximum Gasteiger partial charge on any atom is 0.328 e. The summed E-state index contributed by atoms with van der Waals surface area (Å²) in [5.74, 6) is -1.56. The summed E-state index contributed by atoms with van der Waals surface area (Å²) in [6.07, 6.45) is 5.63. The van der Waals surface area contributed by atoms with Gasteiger partial charge in [-0.2, -0.15) is 0 Å². The number of nitrogens with zero attached hydrogens (tertiary/aromatic N) is 1. The molecule has 0 atom stereocenters. The molecular formula is C9H11N3O3. The Balaban J connectivity index is 2.20. The minimum atomic E-state index is -1.14. The van der Waals surface area contributed by atoms with Crippen LogP contribution in [0.15, 0.2) is 24.7 Å². The van der Waals surface area contributed by atoms with E-state index in [0.29, 0.717) is 13.0 Å². The van der Waals surface area contributed by atoms with E-state index in [1.807, 2.05) is 0 Å². The maximum atomic E-state index is 11.0. The lowest BCUT2D eigenvalue weighted by Gasteiger charge is -1.99. The summed E-state index contributed by atoms with van der Waals surface area (Å²) in [6.45, 7) is 0.436. The minimum absolute atomic E-state index is 0.420. The predicted molar refractivity (Wildman–Crippen MR) is 52.1 cm³/mol. The molecular weight excluding hydrogens is 198 g/mol. The molecule has 0 spiro atoms. The zero-order chi connectivity index (χ0) is 11.1. The van der Waals surface area contributed by atoms with Crippen LogP contribution in [0.5, 0.6) is 0 Å². The molecule has 0 aliphatic heterocycles. The third kappa shape index (κ3) is 4.61. The molecule has 0 aromatic carbocycles. The molecule has 80 valence electrons. The first-order valence-electron chi connectivity index (χ1n) is 4.34. The number of carboxylic acid groups (broad SMARTS) is 1. The largest absolute Gasteiger partial charge is 0.478 e. The summed E-state index contributed by atoms with van der Waals surface area (Å²) in [7, 11) is 0. The third-order valence-electron chi connectivity index (χ3n) is 1.63. The molecule has 1 amide bonds. The van der Waals surface area contributed by atoms with Gasteiger partial charge in [0.2, 0.25) is 5.91 Å². The highest BCUT2D eigenvalue weighted by Crippen LogP contribution is 1.90. The summed E-state index contributed by atoms with van der Waals surface area (Å²) in [5.41, 5.74) is 0.914. The second-order valence-corrected chi connectivity index (χ2v) is 2.79. The van der Waals surface area contributed by atoms with Crippen molar-refractivity contribution in [1.82, 2.24) is 15.3 Å². The van der Waals surface area contributed by atoms with Gasteiger partial charge in [0.25, 0.3) is 0 Å². The molecule has 0 saturated heterocycles. The van der Waals surface area contributed by atoms with Crippen molar-refractivity contribution in [2.75, 3.05) is 6.54 Å². The molecule has 0 aliphatic carbocycles. The molecule has 0 aliphatic rings. The maximum absolute atomic E-state index is 11.0. The number of aromatic nitrogens is 2. The molecule has 6 heteroatoms. The number of carboxylic acids is 1. The average molecular weight is 209 g/mol. The Labute approximate surface area is 86.0 Å². The highest BCUT2D eigenvalue weighted by molar-refractivity contribution is 5.93. The van der Waals surface area contributed by atoms with Gasteiger partial charge in [-0.05, 0) is 0 Å². The normalized spacial score (nSPS) is 10.4. The molecule has 0 bridgehead atoms. The van der Waals surface area contributed by atoms with E-state index >= 15 is 0 Å². The lowest BCUT2D eigenvalue weighted by Crippen LogP contribution is -2.23. The van der Waals surface area contributed by atoms with Crippen LogP contribution < -0.4 is 5.32 Å². The number of rotatable bonds is 5. The first-order chi connectivity index (χ1) is 7.18.